The number of allylic oxidation sites excluding steroid dienone is 4. The average molecular weight is 591 g/mol. The second-order valence-corrected chi connectivity index (χ2v) is 10.2. The zero-order valence-electron chi connectivity index (χ0n) is 22.2. The summed E-state index contributed by atoms with van der Waals surface area (Å²) in [5.41, 5.74) is 7.73. The van der Waals surface area contributed by atoms with Crippen LogP contribution in [-0.4, -0.2) is 11.1 Å². The van der Waals surface area contributed by atoms with Crippen LogP contribution in [0, 0.1) is 13.8 Å². The lowest BCUT2D eigenvalue weighted by Crippen LogP contribution is -3.00. The Labute approximate surface area is 237 Å². The molecule has 2 aromatic carbocycles. The number of nitrogens with zero attached hydrogens (tertiary/aromatic N) is 3. The van der Waals surface area contributed by atoms with E-state index in [4.69, 9.17) is 4.42 Å². The number of fused-ring (bicyclic) bond motifs is 2. The molecule has 2 aromatic heterocycles. The lowest BCUT2D eigenvalue weighted by atomic mass is 9.99. The van der Waals surface area contributed by atoms with Gasteiger partial charge in [-0.1, -0.05) is 30.4 Å². The van der Waals surface area contributed by atoms with E-state index in [9.17, 15) is 4.79 Å². The first-order valence-corrected chi connectivity index (χ1v) is 13.5. The Morgan fingerprint density at radius 1 is 1.11 bits per heavy atom. The van der Waals surface area contributed by atoms with Crippen molar-refractivity contribution < 1.29 is 26.0 Å². The molecule has 0 saturated carbocycles. The van der Waals surface area contributed by atoms with Crippen molar-refractivity contribution in [3.63, 3.8) is 0 Å². The maximum absolute atomic E-state index is 13.4. The van der Waals surface area contributed by atoms with Crippen LogP contribution in [0.2, 0.25) is 0 Å². The molecular formula is C31H32BrN3O2S. The highest BCUT2D eigenvalue weighted by atomic mass is 79.9. The molecule has 0 fully saturated rings. The van der Waals surface area contributed by atoms with E-state index in [0.717, 1.165) is 45.9 Å². The molecule has 0 aliphatic carbocycles. The lowest BCUT2D eigenvalue weighted by Gasteiger charge is -2.26. The smallest absolute Gasteiger partial charge is 0.377 e. The van der Waals surface area contributed by atoms with E-state index < -0.39 is 0 Å². The molecule has 0 atom stereocenters. The molecular weight excluding hydrogens is 558 g/mol. The summed E-state index contributed by atoms with van der Waals surface area (Å²) in [6.45, 7) is 14.4. The SMILES string of the molecule is C=CCn1c(=O)/c(=C\C=C2/C=CN(CC)c3ccccc32)s/c1=C\c1oc2cc(C)c(C)cc2[n+]1CC.[Br-]. The Morgan fingerprint density at radius 3 is 2.61 bits per heavy atom. The largest absolute Gasteiger partial charge is 1.00 e. The second-order valence-electron chi connectivity index (χ2n) is 9.15. The van der Waals surface area contributed by atoms with Crippen LogP contribution in [0.3, 0.4) is 0 Å². The minimum atomic E-state index is -0.0258. The first-order chi connectivity index (χ1) is 17.9. The zero-order chi connectivity index (χ0) is 26.1. The van der Waals surface area contributed by atoms with E-state index >= 15 is 0 Å². The van der Waals surface area contributed by atoms with E-state index in [-0.39, 0.29) is 22.5 Å². The van der Waals surface area contributed by atoms with Crippen molar-refractivity contribution in [3.05, 3.63) is 110 Å². The molecule has 5 rings (SSSR count). The molecule has 0 N–H and O–H groups in total. The van der Waals surface area contributed by atoms with Crippen molar-refractivity contribution in [2.45, 2.75) is 40.8 Å². The van der Waals surface area contributed by atoms with Gasteiger partial charge in [-0.3, -0.25) is 9.36 Å². The van der Waals surface area contributed by atoms with Crippen LogP contribution >= 0.6 is 11.3 Å². The number of benzene rings is 2. The van der Waals surface area contributed by atoms with Crippen molar-refractivity contribution >= 4 is 45.8 Å². The van der Waals surface area contributed by atoms with Crippen LogP contribution in [0.15, 0.2) is 76.6 Å². The number of para-hydroxylation sites is 1. The summed E-state index contributed by atoms with van der Waals surface area (Å²) in [5.74, 6) is 0.732. The summed E-state index contributed by atoms with van der Waals surface area (Å²) in [5, 5.41) is 0. The fraction of sp³-hybridized carbons (Fsp3) is 0.226. The minimum absolute atomic E-state index is 0. The normalized spacial score (nSPS) is 14.8. The van der Waals surface area contributed by atoms with Crippen molar-refractivity contribution in [3.8, 4) is 0 Å². The Bertz CT molecular complexity index is 1750. The first-order valence-electron chi connectivity index (χ1n) is 12.7. The van der Waals surface area contributed by atoms with Gasteiger partial charge in [-0.25, -0.2) is 0 Å². The number of aromatic nitrogens is 2. The van der Waals surface area contributed by atoms with Gasteiger partial charge in [0.15, 0.2) is 0 Å². The highest BCUT2D eigenvalue weighted by Crippen LogP contribution is 2.32. The van der Waals surface area contributed by atoms with E-state index in [1.165, 1.54) is 28.2 Å². The van der Waals surface area contributed by atoms with Crippen LogP contribution in [0.1, 0.15) is 36.4 Å². The van der Waals surface area contributed by atoms with Crippen molar-refractivity contribution in [1.29, 1.82) is 0 Å². The molecule has 5 nitrogen and oxygen atoms in total. The van der Waals surface area contributed by atoms with Crippen LogP contribution in [0.25, 0.3) is 28.8 Å². The second kappa shape index (κ2) is 11.5. The number of thiazole rings is 1. The van der Waals surface area contributed by atoms with E-state index in [0.29, 0.717) is 11.1 Å². The molecule has 38 heavy (non-hydrogen) atoms. The summed E-state index contributed by atoms with van der Waals surface area (Å²) in [6.07, 6.45) is 11.9. The minimum Gasteiger partial charge on any atom is -1.00 e. The van der Waals surface area contributed by atoms with Crippen LogP contribution in [-0.2, 0) is 13.1 Å². The number of aryl methyl sites for hydroxylation is 3. The third-order valence-corrected chi connectivity index (χ3v) is 7.95. The van der Waals surface area contributed by atoms with Gasteiger partial charge in [-0.2, -0.15) is 4.57 Å². The summed E-state index contributed by atoms with van der Waals surface area (Å²) in [7, 11) is 0. The summed E-state index contributed by atoms with van der Waals surface area (Å²) >= 11 is 1.47. The lowest BCUT2D eigenvalue weighted by molar-refractivity contribution is -0.674. The number of anilines is 1. The fourth-order valence-electron chi connectivity index (χ4n) is 4.75. The molecule has 0 saturated heterocycles. The molecule has 1 aliphatic rings. The molecule has 196 valence electrons. The highest BCUT2D eigenvalue weighted by molar-refractivity contribution is 7.07. The van der Waals surface area contributed by atoms with Gasteiger partial charge in [0.25, 0.3) is 11.1 Å². The van der Waals surface area contributed by atoms with Crippen LogP contribution in [0.4, 0.5) is 5.69 Å². The molecule has 3 heterocycles. The topological polar surface area (TPSA) is 42.3 Å². The zero-order valence-corrected chi connectivity index (χ0v) is 24.6. The van der Waals surface area contributed by atoms with Crippen LogP contribution in [0.5, 0.6) is 0 Å². The summed E-state index contributed by atoms with van der Waals surface area (Å²) in [4.78, 5) is 15.6. The number of oxazole rings is 1. The number of hydrogen-bond donors (Lipinski definition) is 0. The molecule has 0 amide bonds. The monoisotopic (exact) mass is 589 g/mol. The van der Waals surface area contributed by atoms with Crippen LogP contribution < -0.4 is 41.2 Å². The van der Waals surface area contributed by atoms with Crippen molar-refractivity contribution in [2.24, 2.45) is 0 Å². The molecule has 1 aliphatic heterocycles. The maximum Gasteiger partial charge on any atom is 0.377 e. The quantitative estimate of drug-likeness (QED) is 0.254. The third-order valence-electron chi connectivity index (χ3n) is 6.87. The Hall–Kier alpha value is -3.42. The molecule has 0 bridgehead atoms. The van der Waals surface area contributed by atoms with Gasteiger partial charge in [0.05, 0.1) is 10.6 Å². The third kappa shape index (κ3) is 5.00. The van der Waals surface area contributed by atoms with E-state index in [1.807, 2.05) is 24.3 Å². The Balaban J connectivity index is 0.00000336. The molecule has 0 unspecified atom stereocenters. The highest BCUT2D eigenvalue weighted by Gasteiger charge is 2.21. The van der Waals surface area contributed by atoms with E-state index in [1.54, 1.807) is 10.6 Å². The fourth-order valence-corrected chi connectivity index (χ4v) is 5.73. The Morgan fingerprint density at radius 2 is 1.87 bits per heavy atom. The Kier molecular flexibility index (Phi) is 8.38. The van der Waals surface area contributed by atoms with Gasteiger partial charge in [0.1, 0.15) is 11.2 Å². The molecule has 4 aromatic rings. The molecule has 0 radical (unpaired) electrons. The standard InChI is InChI=1S/C31H32N3O2S.BrH/c1-6-16-34-30(20-29-33(8-3)26-18-21(4)22(5)19-27(26)36-29)37-28(31(34)35)14-13-23-15-17-32(7-2)25-12-10-9-11-24(23)25;/h6,9-15,17-20H,1,7-8,16H2,2-5H3;1H/q+1;/p-1/b23-13+,28-14+;. The number of hydrogen-bond acceptors (Lipinski definition) is 4. The van der Waals surface area contributed by atoms with Gasteiger partial charge < -0.3 is 26.3 Å². The maximum atomic E-state index is 13.4. The van der Waals surface area contributed by atoms with Gasteiger partial charge in [0.2, 0.25) is 5.58 Å². The number of halogens is 1. The van der Waals surface area contributed by atoms with Crippen molar-refractivity contribution in [1.82, 2.24) is 4.57 Å². The van der Waals surface area contributed by atoms with Gasteiger partial charge in [-0.15, -0.1) is 17.9 Å². The average Bonchev–Trinajstić information content (AvgIpc) is 3.38. The molecule has 0 spiro atoms. The predicted octanol–water partition coefficient (Wildman–Crippen LogP) is 1.82. The first kappa shape index (κ1) is 27.6. The summed E-state index contributed by atoms with van der Waals surface area (Å²) < 4.78 is 11.7. The molecule has 7 heteroatoms. The summed E-state index contributed by atoms with van der Waals surface area (Å²) in [6, 6.07) is 12.6. The number of rotatable bonds is 6. The van der Waals surface area contributed by atoms with Gasteiger partial charge >= 0.3 is 5.89 Å². The van der Waals surface area contributed by atoms with E-state index in [2.05, 4.69) is 86.3 Å². The van der Waals surface area contributed by atoms with Gasteiger partial charge in [0, 0.05) is 36.6 Å². The predicted molar refractivity (Wildman–Crippen MR) is 154 cm³/mol. The van der Waals surface area contributed by atoms with Crippen molar-refractivity contribution in [2.75, 3.05) is 11.4 Å². The van der Waals surface area contributed by atoms with Gasteiger partial charge in [-0.05, 0) is 68.7 Å².